The van der Waals surface area contributed by atoms with Crippen molar-refractivity contribution in [3.63, 3.8) is 0 Å². The Morgan fingerprint density at radius 3 is 2.42 bits per heavy atom. The molecular formula is C20H24F2O4. The van der Waals surface area contributed by atoms with Crippen LogP contribution in [0.5, 0.6) is 0 Å². The third-order valence-electron chi connectivity index (χ3n) is 4.78. The van der Waals surface area contributed by atoms with E-state index in [4.69, 9.17) is 5.11 Å². The number of aliphatic carboxylic acids is 1. The molecule has 3 unspecified atom stereocenters. The number of benzene rings is 1. The Morgan fingerprint density at radius 1 is 1.12 bits per heavy atom. The van der Waals surface area contributed by atoms with Crippen molar-refractivity contribution >= 4 is 17.8 Å². The van der Waals surface area contributed by atoms with Gasteiger partial charge in [-0.1, -0.05) is 31.4 Å². The van der Waals surface area contributed by atoms with Crippen LogP contribution in [-0.4, -0.2) is 28.1 Å². The van der Waals surface area contributed by atoms with Crippen LogP contribution in [0, 0.1) is 23.5 Å². The molecule has 0 spiro atoms. The van der Waals surface area contributed by atoms with Gasteiger partial charge in [0, 0.05) is 30.7 Å². The number of aliphatic hydroxyl groups is 1. The summed E-state index contributed by atoms with van der Waals surface area (Å²) in [5, 5.41) is 18.7. The van der Waals surface area contributed by atoms with Gasteiger partial charge in [0.05, 0.1) is 6.10 Å². The smallest absolute Gasteiger partial charge is 0.303 e. The molecule has 1 aliphatic carbocycles. The number of Topliss-reactive ketones (excluding diaryl/α,β-unsaturated/α-hetero) is 1. The molecule has 0 aliphatic heterocycles. The molecule has 2 rings (SSSR count). The van der Waals surface area contributed by atoms with Crippen molar-refractivity contribution in [2.24, 2.45) is 11.8 Å². The lowest BCUT2D eigenvalue weighted by atomic mass is 9.88. The second-order valence-corrected chi connectivity index (χ2v) is 6.83. The summed E-state index contributed by atoms with van der Waals surface area (Å²) < 4.78 is 26.5. The predicted molar refractivity (Wildman–Crippen MR) is 93.3 cm³/mol. The van der Waals surface area contributed by atoms with Gasteiger partial charge in [-0.25, -0.2) is 8.78 Å². The molecule has 0 bridgehead atoms. The Morgan fingerprint density at radius 2 is 1.77 bits per heavy atom. The van der Waals surface area contributed by atoms with Crippen LogP contribution in [0.4, 0.5) is 8.78 Å². The van der Waals surface area contributed by atoms with Gasteiger partial charge in [0.1, 0.15) is 17.4 Å². The Labute approximate surface area is 151 Å². The van der Waals surface area contributed by atoms with Crippen LogP contribution < -0.4 is 0 Å². The van der Waals surface area contributed by atoms with Gasteiger partial charge >= 0.3 is 5.97 Å². The molecule has 0 heterocycles. The highest BCUT2D eigenvalue weighted by Gasteiger charge is 2.39. The zero-order chi connectivity index (χ0) is 19.1. The molecule has 1 aromatic carbocycles. The lowest BCUT2D eigenvalue weighted by Gasteiger charge is -2.17. The fourth-order valence-electron chi connectivity index (χ4n) is 3.48. The minimum absolute atomic E-state index is 0.00288. The molecule has 2 N–H and O–H groups in total. The molecule has 6 heteroatoms. The largest absolute Gasteiger partial charge is 0.481 e. The summed E-state index contributed by atoms with van der Waals surface area (Å²) in [5.41, 5.74) is 0.349. The number of hydrogen-bond donors (Lipinski definition) is 2. The minimum Gasteiger partial charge on any atom is -0.481 e. The number of carbonyl (C=O) groups is 2. The van der Waals surface area contributed by atoms with Crippen molar-refractivity contribution in [1.29, 1.82) is 0 Å². The number of carboxylic acids is 1. The van der Waals surface area contributed by atoms with E-state index in [-0.39, 0.29) is 30.5 Å². The molecule has 1 aromatic rings. The third-order valence-corrected chi connectivity index (χ3v) is 4.78. The van der Waals surface area contributed by atoms with Gasteiger partial charge in [0.15, 0.2) is 0 Å². The number of carbonyl (C=O) groups excluding carboxylic acids is 1. The predicted octanol–water partition coefficient (Wildman–Crippen LogP) is 3.97. The first-order valence-corrected chi connectivity index (χ1v) is 8.93. The van der Waals surface area contributed by atoms with Crippen LogP contribution in [-0.2, 0) is 9.59 Å². The van der Waals surface area contributed by atoms with Gasteiger partial charge < -0.3 is 10.2 Å². The van der Waals surface area contributed by atoms with E-state index < -0.39 is 23.7 Å². The molecule has 26 heavy (non-hydrogen) atoms. The van der Waals surface area contributed by atoms with E-state index in [2.05, 4.69) is 0 Å². The fourth-order valence-corrected chi connectivity index (χ4v) is 3.48. The van der Waals surface area contributed by atoms with Gasteiger partial charge in [-0.2, -0.15) is 0 Å². The van der Waals surface area contributed by atoms with Crippen molar-refractivity contribution in [2.75, 3.05) is 0 Å². The van der Waals surface area contributed by atoms with E-state index in [9.17, 15) is 23.5 Å². The molecule has 0 saturated heterocycles. The number of carboxylic acid groups (broad SMARTS) is 1. The van der Waals surface area contributed by atoms with E-state index >= 15 is 0 Å². The van der Waals surface area contributed by atoms with Gasteiger partial charge in [0.25, 0.3) is 0 Å². The van der Waals surface area contributed by atoms with Gasteiger partial charge in [-0.05, 0) is 30.5 Å². The van der Waals surface area contributed by atoms with Crippen LogP contribution in [0.3, 0.4) is 0 Å². The van der Waals surface area contributed by atoms with Crippen molar-refractivity contribution in [1.82, 2.24) is 0 Å². The number of halogens is 2. The molecule has 142 valence electrons. The van der Waals surface area contributed by atoms with E-state index in [1.165, 1.54) is 12.1 Å². The topological polar surface area (TPSA) is 74.6 Å². The Hall–Kier alpha value is -2.08. The summed E-state index contributed by atoms with van der Waals surface area (Å²) in [6.07, 6.45) is 6.30. The second-order valence-electron chi connectivity index (χ2n) is 6.83. The number of aliphatic hydroxyl groups excluding tert-OH is 1. The fraction of sp³-hybridized carbons (Fsp3) is 0.500. The summed E-state index contributed by atoms with van der Waals surface area (Å²) >= 11 is 0. The summed E-state index contributed by atoms with van der Waals surface area (Å²) in [6.45, 7) is 0. The third kappa shape index (κ3) is 6.02. The zero-order valence-electron chi connectivity index (χ0n) is 14.5. The Bertz CT molecular complexity index is 652. The van der Waals surface area contributed by atoms with Crippen LogP contribution >= 0.6 is 0 Å². The molecule has 3 atom stereocenters. The van der Waals surface area contributed by atoms with Crippen LogP contribution in [0.15, 0.2) is 24.3 Å². The SMILES string of the molecule is O=C(O)CCCCCCC1C(=O)CC(O)C1/C=C/c1cc(F)cc(F)c1. The Kier molecular flexibility index (Phi) is 7.45. The highest BCUT2D eigenvalue weighted by atomic mass is 19.1. The van der Waals surface area contributed by atoms with Crippen LogP contribution in [0.25, 0.3) is 6.08 Å². The maximum absolute atomic E-state index is 13.2. The molecule has 1 saturated carbocycles. The molecule has 1 aliphatic rings. The number of unbranched alkanes of at least 4 members (excludes halogenated alkanes) is 3. The van der Waals surface area contributed by atoms with Crippen molar-refractivity contribution in [3.8, 4) is 0 Å². The number of rotatable bonds is 9. The minimum atomic E-state index is -0.807. The summed E-state index contributed by atoms with van der Waals surface area (Å²) in [5.74, 6) is -2.83. The first kappa shape index (κ1) is 20.2. The average Bonchev–Trinajstić information content (AvgIpc) is 2.81. The van der Waals surface area contributed by atoms with Gasteiger partial charge in [-0.3, -0.25) is 9.59 Å². The molecule has 1 fully saturated rings. The highest BCUT2D eigenvalue weighted by Crippen LogP contribution is 2.34. The zero-order valence-corrected chi connectivity index (χ0v) is 14.5. The molecule has 0 radical (unpaired) electrons. The second kappa shape index (κ2) is 9.57. The molecular weight excluding hydrogens is 342 g/mol. The van der Waals surface area contributed by atoms with Crippen LogP contribution in [0.2, 0.25) is 0 Å². The normalized spacial score (nSPS) is 23.0. The van der Waals surface area contributed by atoms with E-state index in [1.54, 1.807) is 12.2 Å². The Balaban J connectivity index is 1.91. The first-order chi connectivity index (χ1) is 12.4. The van der Waals surface area contributed by atoms with Crippen LogP contribution in [0.1, 0.15) is 50.5 Å². The maximum Gasteiger partial charge on any atom is 0.303 e. The molecule has 0 amide bonds. The van der Waals surface area contributed by atoms with E-state index in [1.807, 2.05) is 0 Å². The average molecular weight is 366 g/mol. The summed E-state index contributed by atoms with van der Waals surface area (Å²) in [6, 6.07) is 3.18. The highest BCUT2D eigenvalue weighted by molar-refractivity contribution is 5.84. The summed E-state index contributed by atoms with van der Waals surface area (Å²) in [7, 11) is 0. The van der Waals surface area contributed by atoms with Crippen molar-refractivity contribution < 1.29 is 28.6 Å². The number of ketones is 1. The standard InChI is InChI=1S/C20H24F2O4/c21-14-9-13(10-15(22)11-14)7-8-17-16(18(23)12-19(17)24)5-3-1-2-4-6-20(25)26/h7-11,16-17,19,24H,1-6,12H2,(H,25,26)/b8-7+. The number of hydrogen-bond acceptors (Lipinski definition) is 3. The van der Waals surface area contributed by atoms with E-state index in [0.29, 0.717) is 18.4 Å². The van der Waals surface area contributed by atoms with Gasteiger partial charge in [0.2, 0.25) is 0 Å². The molecule has 4 nitrogen and oxygen atoms in total. The first-order valence-electron chi connectivity index (χ1n) is 8.93. The maximum atomic E-state index is 13.2. The van der Waals surface area contributed by atoms with Crippen molar-refractivity contribution in [2.45, 2.75) is 51.0 Å². The monoisotopic (exact) mass is 366 g/mol. The lowest BCUT2D eigenvalue weighted by molar-refractivity contribution is -0.137. The van der Waals surface area contributed by atoms with Gasteiger partial charge in [-0.15, -0.1) is 0 Å². The summed E-state index contributed by atoms with van der Waals surface area (Å²) in [4.78, 5) is 22.6. The van der Waals surface area contributed by atoms with Crippen molar-refractivity contribution in [3.05, 3.63) is 41.5 Å². The molecule has 0 aromatic heterocycles. The quantitative estimate of drug-likeness (QED) is 0.649. The lowest BCUT2D eigenvalue weighted by Crippen LogP contribution is -2.18. The van der Waals surface area contributed by atoms with E-state index in [0.717, 1.165) is 25.3 Å².